The van der Waals surface area contributed by atoms with Gasteiger partial charge in [-0.15, -0.1) is 0 Å². The molecule has 1 fully saturated rings. The molecule has 2 unspecified atom stereocenters. The first kappa shape index (κ1) is 23.3. The molecule has 2 aliphatic rings. The van der Waals surface area contributed by atoms with Crippen molar-refractivity contribution in [2.75, 3.05) is 33.9 Å². The number of para-hydroxylation sites is 1. The number of hydrogen-bond acceptors (Lipinski definition) is 6. The lowest BCUT2D eigenvalue weighted by Crippen LogP contribution is -2.52. The van der Waals surface area contributed by atoms with Crippen LogP contribution in [-0.2, 0) is 38.6 Å². The molecule has 0 spiro atoms. The second-order valence-corrected chi connectivity index (χ2v) is 8.65. The van der Waals surface area contributed by atoms with E-state index in [1.54, 1.807) is 12.0 Å². The average Bonchev–Trinajstić information content (AvgIpc) is 3.36. The SMILES string of the molecule is COC(=O)C1Cc2ccccc2CN1C(=O)CN(Cc1ccccc1OC)CC1CCCO1. The Kier molecular flexibility index (Phi) is 7.62. The van der Waals surface area contributed by atoms with E-state index in [0.717, 1.165) is 41.9 Å². The molecule has 176 valence electrons. The number of carbonyl (C=O) groups excluding carboxylic acids is 2. The van der Waals surface area contributed by atoms with E-state index in [0.29, 0.717) is 26.1 Å². The molecule has 1 amide bonds. The maximum Gasteiger partial charge on any atom is 0.328 e. The van der Waals surface area contributed by atoms with Crippen molar-refractivity contribution in [2.45, 2.75) is 44.5 Å². The summed E-state index contributed by atoms with van der Waals surface area (Å²) in [5.41, 5.74) is 3.17. The molecule has 0 bridgehead atoms. The lowest BCUT2D eigenvalue weighted by Gasteiger charge is -2.36. The molecule has 2 aromatic carbocycles. The predicted molar refractivity (Wildman–Crippen MR) is 124 cm³/mol. The predicted octanol–water partition coefficient (Wildman–Crippen LogP) is 2.80. The minimum atomic E-state index is -0.617. The molecular weight excluding hydrogens is 420 g/mol. The molecular formula is C26H32N2O5. The Balaban J connectivity index is 1.54. The zero-order valence-corrected chi connectivity index (χ0v) is 19.4. The van der Waals surface area contributed by atoms with Crippen LogP contribution in [0.2, 0.25) is 0 Å². The van der Waals surface area contributed by atoms with Gasteiger partial charge in [-0.3, -0.25) is 9.69 Å². The van der Waals surface area contributed by atoms with Gasteiger partial charge < -0.3 is 19.1 Å². The molecule has 0 aromatic heterocycles. The highest BCUT2D eigenvalue weighted by atomic mass is 16.5. The van der Waals surface area contributed by atoms with E-state index in [1.165, 1.54) is 7.11 Å². The third kappa shape index (κ3) is 5.54. The van der Waals surface area contributed by atoms with Crippen molar-refractivity contribution in [3.63, 3.8) is 0 Å². The Morgan fingerprint density at radius 3 is 2.58 bits per heavy atom. The Labute approximate surface area is 195 Å². The van der Waals surface area contributed by atoms with Crippen molar-refractivity contribution in [2.24, 2.45) is 0 Å². The van der Waals surface area contributed by atoms with E-state index in [-0.39, 0.29) is 24.5 Å². The smallest absolute Gasteiger partial charge is 0.328 e. The molecule has 2 heterocycles. The first-order chi connectivity index (χ1) is 16.1. The van der Waals surface area contributed by atoms with Gasteiger partial charge in [0.2, 0.25) is 5.91 Å². The second kappa shape index (κ2) is 10.8. The fourth-order valence-electron chi connectivity index (χ4n) is 4.75. The Hall–Kier alpha value is -2.90. The van der Waals surface area contributed by atoms with Gasteiger partial charge >= 0.3 is 5.97 Å². The zero-order chi connectivity index (χ0) is 23.2. The Morgan fingerprint density at radius 1 is 1.09 bits per heavy atom. The van der Waals surface area contributed by atoms with Gasteiger partial charge in [-0.25, -0.2) is 4.79 Å². The summed E-state index contributed by atoms with van der Waals surface area (Å²) in [5.74, 6) is 0.322. The van der Waals surface area contributed by atoms with E-state index < -0.39 is 6.04 Å². The van der Waals surface area contributed by atoms with E-state index in [2.05, 4.69) is 4.90 Å². The highest BCUT2D eigenvalue weighted by molar-refractivity contribution is 5.86. The number of ether oxygens (including phenoxy) is 3. The molecule has 33 heavy (non-hydrogen) atoms. The summed E-state index contributed by atoms with van der Waals surface area (Å²) in [6.07, 6.45) is 2.59. The number of methoxy groups -OCH3 is 2. The van der Waals surface area contributed by atoms with Gasteiger partial charge in [0.1, 0.15) is 11.8 Å². The second-order valence-electron chi connectivity index (χ2n) is 8.65. The number of hydrogen-bond donors (Lipinski definition) is 0. The monoisotopic (exact) mass is 452 g/mol. The maximum atomic E-state index is 13.6. The van der Waals surface area contributed by atoms with Crippen molar-refractivity contribution in [3.8, 4) is 5.75 Å². The minimum Gasteiger partial charge on any atom is -0.496 e. The van der Waals surface area contributed by atoms with Gasteiger partial charge in [-0.1, -0.05) is 42.5 Å². The highest BCUT2D eigenvalue weighted by Gasteiger charge is 2.36. The summed E-state index contributed by atoms with van der Waals surface area (Å²) in [7, 11) is 3.03. The summed E-state index contributed by atoms with van der Waals surface area (Å²) in [6.45, 7) is 2.55. The van der Waals surface area contributed by atoms with E-state index in [4.69, 9.17) is 14.2 Å². The van der Waals surface area contributed by atoms with Crippen molar-refractivity contribution in [1.82, 2.24) is 9.80 Å². The molecule has 7 nitrogen and oxygen atoms in total. The third-order valence-corrected chi connectivity index (χ3v) is 6.47. The van der Waals surface area contributed by atoms with Crippen LogP contribution < -0.4 is 4.74 Å². The number of rotatable bonds is 8. The summed E-state index contributed by atoms with van der Waals surface area (Å²) in [4.78, 5) is 29.9. The number of benzene rings is 2. The summed E-state index contributed by atoms with van der Waals surface area (Å²) in [5, 5.41) is 0. The van der Waals surface area contributed by atoms with E-state index in [9.17, 15) is 9.59 Å². The molecule has 0 saturated carbocycles. The quantitative estimate of drug-likeness (QED) is 0.574. The van der Waals surface area contributed by atoms with Crippen LogP contribution in [-0.4, -0.2) is 67.7 Å². The van der Waals surface area contributed by atoms with Crippen molar-refractivity contribution in [1.29, 1.82) is 0 Å². The van der Waals surface area contributed by atoms with Crippen LogP contribution in [0.15, 0.2) is 48.5 Å². The summed E-state index contributed by atoms with van der Waals surface area (Å²) < 4.78 is 16.4. The zero-order valence-electron chi connectivity index (χ0n) is 19.4. The summed E-state index contributed by atoms with van der Waals surface area (Å²) in [6, 6.07) is 15.2. The van der Waals surface area contributed by atoms with Gasteiger partial charge in [-0.2, -0.15) is 0 Å². The molecule has 1 saturated heterocycles. The highest BCUT2D eigenvalue weighted by Crippen LogP contribution is 2.26. The standard InChI is InChI=1S/C26H32N2O5/c1-31-24-12-6-5-10-21(24)15-27(17-22-11-7-13-33-22)18-25(29)28-16-20-9-4-3-8-19(20)14-23(28)26(30)32-2/h3-6,8-10,12,22-23H,7,11,13-18H2,1-2H3. The molecule has 2 aromatic rings. The van der Waals surface area contributed by atoms with Gasteiger partial charge in [0, 0.05) is 38.2 Å². The molecule has 7 heteroatoms. The van der Waals surface area contributed by atoms with E-state index >= 15 is 0 Å². The van der Waals surface area contributed by atoms with Crippen LogP contribution >= 0.6 is 0 Å². The Morgan fingerprint density at radius 2 is 1.85 bits per heavy atom. The van der Waals surface area contributed by atoms with Crippen LogP contribution in [0.5, 0.6) is 5.75 Å². The molecule has 2 aliphatic heterocycles. The minimum absolute atomic E-state index is 0.0900. The van der Waals surface area contributed by atoms with Crippen LogP contribution in [0.25, 0.3) is 0 Å². The Bertz CT molecular complexity index is 973. The molecule has 2 atom stereocenters. The van der Waals surface area contributed by atoms with Gasteiger partial charge in [0.15, 0.2) is 0 Å². The maximum absolute atomic E-state index is 13.6. The molecule has 0 radical (unpaired) electrons. The van der Waals surface area contributed by atoms with Crippen molar-refractivity contribution >= 4 is 11.9 Å². The normalized spacial score (nSPS) is 19.9. The van der Waals surface area contributed by atoms with Gasteiger partial charge in [0.25, 0.3) is 0 Å². The number of nitrogens with zero attached hydrogens (tertiary/aromatic N) is 2. The fourth-order valence-corrected chi connectivity index (χ4v) is 4.75. The van der Waals surface area contributed by atoms with Crippen molar-refractivity contribution < 1.29 is 23.8 Å². The summed E-state index contributed by atoms with van der Waals surface area (Å²) >= 11 is 0. The van der Waals surface area contributed by atoms with Gasteiger partial charge in [-0.05, 0) is 30.0 Å². The first-order valence-electron chi connectivity index (χ1n) is 11.5. The third-order valence-electron chi connectivity index (χ3n) is 6.47. The topological polar surface area (TPSA) is 68.3 Å². The van der Waals surface area contributed by atoms with Crippen LogP contribution in [0, 0.1) is 0 Å². The lowest BCUT2D eigenvalue weighted by molar-refractivity contribution is -0.154. The van der Waals surface area contributed by atoms with E-state index in [1.807, 2.05) is 48.5 Å². The van der Waals surface area contributed by atoms with Crippen molar-refractivity contribution in [3.05, 3.63) is 65.2 Å². The number of fused-ring (bicyclic) bond motifs is 1. The van der Waals surface area contributed by atoms with Crippen LogP contribution in [0.1, 0.15) is 29.5 Å². The van der Waals surface area contributed by atoms with Gasteiger partial charge in [0.05, 0.1) is 26.9 Å². The number of esters is 1. The number of amides is 1. The fraction of sp³-hybridized carbons (Fsp3) is 0.462. The first-order valence-corrected chi connectivity index (χ1v) is 11.5. The number of carbonyl (C=O) groups is 2. The van der Waals surface area contributed by atoms with Crippen LogP contribution in [0.3, 0.4) is 0 Å². The molecule has 4 rings (SSSR count). The molecule has 0 aliphatic carbocycles. The largest absolute Gasteiger partial charge is 0.496 e. The van der Waals surface area contributed by atoms with Crippen LogP contribution in [0.4, 0.5) is 0 Å². The average molecular weight is 453 g/mol. The lowest BCUT2D eigenvalue weighted by atomic mass is 9.94. The molecule has 0 N–H and O–H groups in total.